The van der Waals surface area contributed by atoms with Crippen LogP contribution in [0.1, 0.15) is 78.1 Å². The Morgan fingerprint density at radius 2 is 1.42 bits per heavy atom. The van der Waals surface area contributed by atoms with E-state index in [-0.39, 0.29) is 19.8 Å². The highest BCUT2D eigenvalue weighted by molar-refractivity contribution is 7.45. The van der Waals surface area contributed by atoms with Crippen LogP contribution in [0, 0.1) is 0 Å². The zero-order chi connectivity index (χ0) is 23.6. The van der Waals surface area contributed by atoms with Crippen molar-refractivity contribution in [2.75, 3.05) is 54.1 Å². The topological polar surface area (TPSA) is 94.1 Å². The van der Waals surface area contributed by atoms with Gasteiger partial charge in [-0.05, 0) is 6.42 Å². The predicted octanol–water partition coefficient (Wildman–Crippen LogP) is 4.06. The highest BCUT2D eigenvalue weighted by Crippen LogP contribution is 2.38. The van der Waals surface area contributed by atoms with Crippen LogP contribution in [0.25, 0.3) is 0 Å². The lowest BCUT2D eigenvalue weighted by molar-refractivity contribution is -0.870. The van der Waals surface area contributed by atoms with Gasteiger partial charge in [0.25, 0.3) is 7.82 Å². The first-order chi connectivity index (χ1) is 14.6. The van der Waals surface area contributed by atoms with Crippen molar-refractivity contribution >= 4 is 13.8 Å². The van der Waals surface area contributed by atoms with E-state index in [0.717, 1.165) is 12.8 Å². The number of hydrogen-bond donors (Lipinski definition) is 0. The summed E-state index contributed by atoms with van der Waals surface area (Å²) >= 11 is 0. The van der Waals surface area contributed by atoms with Gasteiger partial charge in [0.2, 0.25) is 0 Å². The van der Waals surface area contributed by atoms with Crippen molar-refractivity contribution in [3.8, 4) is 0 Å². The summed E-state index contributed by atoms with van der Waals surface area (Å²) in [6, 6.07) is 0. The third kappa shape index (κ3) is 22.5. The van der Waals surface area contributed by atoms with E-state index >= 15 is 0 Å². The summed E-state index contributed by atoms with van der Waals surface area (Å²) in [7, 11) is 1.35. The van der Waals surface area contributed by atoms with Crippen LogP contribution < -0.4 is 4.89 Å². The molecule has 0 saturated heterocycles. The van der Waals surface area contributed by atoms with Gasteiger partial charge in [-0.1, -0.05) is 64.7 Å². The minimum absolute atomic E-state index is 0.0255. The number of ether oxygens (including phenoxy) is 2. The molecule has 0 aliphatic carbocycles. The van der Waals surface area contributed by atoms with Gasteiger partial charge in [0.15, 0.2) is 0 Å². The molecule has 0 aliphatic heterocycles. The van der Waals surface area contributed by atoms with E-state index in [1.165, 1.54) is 58.3 Å². The number of esters is 1. The Labute approximate surface area is 189 Å². The molecule has 0 aromatic carbocycles. The summed E-state index contributed by atoms with van der Waals surface area (Å²) in [5.41, 5.74) is 0. The van der Waals surface area contributed by atoms with Crippen LogP contribution in [0.2, 0.25) is 0 Å². The van der Waals surface area contributed by atoms with Gasteiger partial charge in [0.1, 0.15) is 19.3 Å². The molecule has 0 saturated carbocycles. The predicted molar refractivity (Wildman–Crippen MR) is 121 cm³/mol. The summed E-state index contributed by atoms with van der Waals surface area (Å²) < 4.78 is 32.9. The number of phosphoric ester groups is 1. The monoisotopic (exact) mass is 467 g/mol. The molecular formula is C22H46NO7P. The fourth-order valence-corrected chi connectivity index (χ4v) is 3.62. The molecule has 0 spiro atoms. The van der Waals surface area contributed by atoms with E-state index in [0.29, 0.717) is 17.6 Å². The molecule has 0 aromatic heterocycles. The van der Waals surface area contributed by atoms with Crippen LogP contribution in [0.15, 0.2) is 0 Å². The zero-order valence-corrected chi connectivity index (χ0v) is 21.3. The second-order valence-electron chi connectivity index (χ2n) is 9.08. The fraction of sp³-hybridized carbons (Fsp3) is 0.955. The van der Waals surface area contributed by atoms with Gasteiger partial charge >= 0.3 is 5.97 Å². The van der Waals surface area contributed by atoms with E-state index in [9.17, 15) is 14.3 Å². The molecule has 0 heterocycles. The highest BCUT2D eigenvalue weighted by Gasteiger charge is 2.19. The third-order valence-corrected chi connectivity index (χ3v) is 5.67. The maximum absolute atomic E-state index is 11.9. The van der Waals surface area contributed by atoms with Crippen LogP contribution in [-0.2, 0) is 27.9 Å². The van der Waals surface area contributed by atoms with E-state index in [1.807, 2.05) is 21.1 Å². The largest absolute Gasteiger partial charge is 0.756 e. The Balaban J connectivity index is 3.93. The first kappa shape index (κ1) is 30.5. The quantitative estimate of drug-likeness (QED) is 0.109. The summed E-state index contributed by atoms with van der Waals surface area (Å²) in [6.07, 6.45) is 11.6. The normalized spacial score (nSPS) is 14.9. The Morgan fingerprint density at radius 1 is 0.871 bits per heavy atom. The van der Waals surface area contributed by atoms with Crippen LogP contribution in [0.3, 0.4) is 0 Å². The first-order valence-corrected chi connectivity index (χ1v) is 13.2. The number of carbonyl (C=O) groups is 1. The highest BCUT2D eigenvalue weighted by atomic mass is 31.2. The average molecular weight is 468 g/mol. The van der Waals surface area contributed by atoms with Crippen LogP contribution >= 0.6 is 7.82 Å². The SMILES string of the molecule is CCCCCCCCCCCCOC[C@H](COP(=O)([O-])OCC[N+](C)(C)C)OC(C)=O. The number of phosphoric acid groups is 1. The molecule has 2 atom stereocenters. The van der Waals surface area contributed by atoms with E-state index in [4.69, 9.17) is 18.5 Å². The smallest absolute Gasteiger partial charge is 0.303 e. The molecule has 0 N–H and O–H groups in total. The molecule has 0 aromatic rings. The number of likely N-dealkylation sites (N-methyl/N-ethyl adjacent to an activating group) is 1. The minimum Gasteiger partial charge on any atom is -0.756 e. The molecule has 0 radical (unpaired) electrons. The van der Waals surface area contributed by atoms with Crippen molar-refractivity contribution in [3.63, 3.8) is 0 Å². The Morgan fingerprint density at radius 3 is 1.94 bits per heavy atom. The summed E-state index contributed by atoms with van der Waals surface area (Å²) in [5.74, 6) is -0.511. The number of hydrogen-bond acceptors (Lipinski definition) is 7. The van der Waals surface area contributed by atoms with E-state index in [2.05, 4.69) is 6.92 Å². The van der Waals surface area contributed by atoms with Gasteiger partial charge in [-0.3, -0.25) is 9.36 Å². The average Bonchev–Trinajstić information content (AvgIpc) is 2.65. The Kier molecular flexibility index (Phi) is 17.7. The molecule has 0 amide bonds. The van der Waals surface area contributed by atoms with Gasteiger partial charge in [-0.25, -0.2) is 0 Å². The molecule has 31 heavy (non-hydrogen) atoms. The molecule has 0 aliphatic rings. The van der Waals surface area contributed by atoms with E-state index in [1.54, 1.807) is 0 Å². The number of quaternary nitrogens is 1. The van der Waals surface area contributed by atoms with Gasteiger partial charge in [-0.2, -0.15) is 0 Å². The molecule has 0 rings (SSSR count). The molecule has 0 fully saturated rings. The second kappa shape index (κ2) is 18.0. The minimum atomic E-state index is -4.45. The maximum Gasteiger partial charge on any atom is 0.303 e. The van der Waals surface area contributed by atoms with Crippen LogP contribution in [0.5, 0.6) is 0 Å². The molecule has 8 nitrogen and oxygen atoms in total. The lowest BCUT2D eigenvalue weighted by Gasteiger charge is -2.28. The number of unbranched alkanes of at least 4 members (excludes halogenated alkanes) is 9. The van der Waals surface area contributed by atoms with Crippen LogP contribution in [0.4, 0.5) is 0 Å². The number of rotatable bonds is 21. The maximum atomic E-state index is 11.9. The lowest BCUT2D eigenvalue weighted by atomic mass is 10.1. The molecule has 1 unspecified atom stereocenters. The van der Waals surface area contributed by atoms with Crippen molar-refractivity contribution in [1.29, 1.82) is 0 Å². The molecule has 9 heteroatoms. The lowest BCUT2D eigenvalue weighted by Crippen LogP contribution is -2.37. The van der Waals surface area contributed by atoms with Crippen molar-refractivity contribution < 1.29 is 37.3 Å². The molecule has 186 valence electrons. The molecule has 0 bridgehead atoms. The summed E-state index contributed by atoms with van der Waals surface area (Å²) in [6.45, 7) is 4.36. The standard InChI is InChI=1S/C22H46NO7P/c1-6-7-8-9-10-11-12-13-14-15-17-27-19-22(30-21(2)24)20-29-31(25,26)28-18-16-23(3,4)5/h22H,6-20H2,1-5H3/t22-/m1/s1. The zero-order valence-electron chi connectivity index (χ0n) is 20.4. The number of carbonyl (C=O) groups excluding carboxylic acids is 1. The van der Waals surface area contributed by atoms with Gasteiger partial charge in [0, 0.05) is 13.5 Å². The summed E-state index contributed by atoms with van der Waals surface area (Å²) in [5, 5.41) is 0. The Hall–Kier alpha value is -0.500. The first-order valence-electron chi connectivity index (χ1n) is 11.7. The van der Waals surface area contributed by atoms with Crippen molar-refractivity contribution in [2.45, 2.75) is 84.2 Å². The fourth-order valence-electron chi connectivity index (χ4n) is 2.90. The van der Waals surface area contributed by atoms with Crippen molar-refractivity contribution in [3.05, 3.63) is 0 Å². The Bertz CT molecular complexity index is 497. The number of nitrogens with zero attached hydrogens (tertiary/aromatic N) is 1. The summed E-state index contributed by atoms with van der Waals surface area (Å²) in [4.78, 5) is 23.1. The van der Waals surface area contributed by atoms with Gasteiger partial charge < -0.3 is 27.9 Å². The molecular weight excluding hydrogens is 421 g/mol. The van der Waals surface area contributed by atoms with Crippen molar-refractivity contribution in [2.24, 2.45) is 0 Å². The second-order valence-corrected chi connectivity index (χ2v) is 10.5. The third-order valence-electron chi connectivity index (χ3n) is 4.71. The van der Waals surface area contributed by atoms with Gasteiger partial charge in [-0.15, -0.1) is 0 Å². The van der Waals surface area contributed by atoms with Crippen molar-refractivity contribution in [1.82, 2.24) is 0 Å². The van der Waals surface area contributed by atoms with E-state index < -0.39 is 19.9 Å². The van der Waals surface area contributed by atoms with Crippen LogP contribution in [-0.4, -0.2) is 70.7 Å². The van der Waals surface area contributed by atoms with Gasteiger partial charge in [0.05, 0.1) is 34.4 Å².